The van der Waals surface area contributed by atoms with Crippen LogP contribution in [0.2, 0.25) is 0 Å². The summed E-state index contributed by atoms with van der Waals surface area (Å²) in [5.41, 5.74) is 0. The maximum atomic E-state index is 3.76. The molecule has 0 aromatic rings. The van der Waals surface area contributed by atoms with Crippen molar-refractivity contribution in [2.75, 3.05) is 18.6 Å². The molecule has 0 radical (unpaired) electrons. The highest BCUT2D eigenvalue weighted by Gasteiger charge is 2.32. The van der Waals surface area contributed by atoms with Gasteiger partial charge in [-0.05, 0) is 55.1 Å². The van der Waals surface area contributed by atoms with Crippen LogP contribution in [0.4, 0.5) is 0 Å². The molecule has 0 bridgehead atoms. The van der Waals surface area contributed by atoms with Crippen molar-refractivity contribution in [2.24, 2.45) is 23.7 Å². The first-order chi connectivity index (χ1) is 8.10. The van der Waals surface area contributed by atoms with E-state index in [1.807, 2.05) is 11.8 Å². The van der Waals surface area contributed by atoms with E-state index in [1.165, 1.54) is 25.0 Å². The van der Waals surface area contributed by atoms with Gasteiger partial charge in [0, 0.05) is 6.04 Å². The summed E-state index contributed by atoms with van der Waals surface area (Å²) in [5, 5.41) is 3.76. The van der Waals surface area contributed by atoms with Gasteiger partial charge in [0.1, 0.15) is 0 Å². The molecule has 0 aromatic carbocycles. The van der Waals surface area contributed by atoms with E-state index in [1.54, 1.807) is 0 Å². The molecule has 1 nitrogen and oxygen atoms in total. The van der Waals surface area contributed by atoms with Gasteiger partial charge in [0.2, 0.25) is 0 Å². The molecule has 5 unspecified atom stereocenters. The van der Waals surface area contributed by atoms with Crippen LogP contribution in [0.5, 0.6) is 0 Å². The molecule has 17 heavy (non-hydrogen) atoms. The summed E-state index contributed by atoms with van der Waals surface area (Å²) in [7, 11) is 0. The monoisotopic (exact) mass is 257 g/mol. The Kier molecular flexibility index (Phi) is 6.94. The Labute approximate surface area is 113 Å². The van der Waals surface area contributed by atoms with Crippen LogP contribution in [0.1, 0.15) is 47.0 Å². The van der Waals surface area contributed by atoms with Crippen LogP contribution in [-0.4, -0.2) is 24.6 Å². The average molecular weight is 257 g/mol. The van der Waals surface area contributed by atoms with Crippen molar-refractivity contribution in [1.29, 1.82) is 0 Å². The second-order valence-electron chi connectivity index (χ2n) is 6.04. The molecule has 0 heterocycles. The molecule has 5 atom stereocenters. The van der Waals surface area contributed by atoms with Crippen molar-refractivity contribution in [3.63, 3.8) is 0 Å². The predicted octanol–water partition coefficient (Wildman–Crippen LogP) is 4.04. The Morgan fingerprint density at radius 3 is 2.47 bits per heavy atom. The van der Waals surface area contributed by atoms with Crippen LogP contribution in [0.3, 0.4) is 0 Å². The first-order valence-corrected chi connectivity index (χ1v) is 8.71. The maximum Gasteiger partial charge on any atom is 0.0129 e. The highest BCUT2D eigenvalue weighted by atomic mass is 32.2. The fourth-order valence-corrected chi connectivity index (χ4v) is 4.08. The minimum atomic E-state index is 0.738. The fraction of sp³-hybridized carbons (Fsp3) is 1.00. The Bertz CT molecular complexity index is 207. The summed E-state index contributed by atoms with van der Waals surface area (Å²) in [4.78, 5) is 0. The molecule has 1 fully saturated rings. The molecule has 0 saturated heterocycles. The summed E-state index contributed by atoms with van der Waals surface area (Å²) in [5.74, 6) is 4.84. The minimum absolute atomic E-state index is 0.738. The van der Waals surface area contributed by atoms with Crippen LogP contribution < -0.4 is 5.32 Å². The fourth-order valence-electron chi connectivity index (χ4n) is 3.35. The molecule has 2 heteroatoms. The molecule has 102 valence electrons. The summed E-state index contributed by atoms with van der Waals surface area (Å²) in [6.07, 6.45) is 6.52. The molecule has 1 aliphatic carbocycles. The zero-order valence-electron chi connectivity index (χ0n) is 12.3. The molecule has 1 saturated carbocycles. The van der Waals surface area contributed by atoms with E-state index in [9.17, 15) is 0 Å². The van der Waals surface area contributed by atoms with Gasteiger partial charge in [-0.25, -0.2) is 0 Å². The van der Waals surface area contributed by atoms with Crippen molar-refractivity contribution < 1.29 is 0 Å². The molecule has 1 rings (SSSR count). The molecule has 1 aliphatic rings. The van der Waals surface area contributed by atoms with E-state index in [-0.39, 0.29) is 0 Å². The molecule has 0 aromatic heterocycles. The van der Waals surface area contributed by atoms with E-state index < -0.39 is 0 Å². The van der Waals surface area contributed by atoms with Crippen LogP contribution in [0.25, 0.3) is 0 Å². The zero-order valence-corrected chi connectivity index (χ0v) is 13.1. The third kappa shape index (κ3) is 4.48. The van der Waals surface area contributed by atoms with Crippen molar-refractivity contribution in [2.45, 2.75) is 53.0 Å². The summed E-state index contributed by atoms with van der Waals surface area (Å²) in [6.45, 7) is 10.7. The largest absolute Gasteiger partial charge is 0.314 e. The van der Waals surface area contributed by atoms with Crippen LogP contribution in [-0.2, 0) is 0 Å². The number of thioether (sulfide) groups is 1. The van der Waals surface area contributed by atoms with Gasteiger partial charge in [-0.3, -0.25) is 0 Å². The van der Waals surface area contributed by atoms with Gasteiger partial charge in [-0.2, -0.15) is 11.8 Å². The molecule has 1 N–H and O–H groups in total. The van der Waals surface area contributed by atoms with E-state index >= 15 is 0 Å². The number of hydrogen-bond donors (Lipinski definition) is 1. The first kappa shape index (κ1) is 15.4. The van der Waals surface area contributed by atoms with E-state index in [4.69, 9.17) is 0 Å². The summed E-state index contributed by atoms with van der Waals surface area (Å²) < 4.78 is 0. The lowest BCUT2D eigenvalue weighted by molar-refractivity contribution is 0.151. The number of rotatable bonds is 6. The smallest absolute Gasteiger partial charge is 0.0129 e. The van der Waals surface area contributed by atoms with Gasteiger partial charge in [-0.15, -0.1) is 0 Å². The summed E-state index contributed by atoms with van der Waals surface area (Å²) in [6, 6.07) is 0.738. The van der Waals surface area contributed by atoms with Crippen molar-refractivity contribution in [1.82, 2.24) is 5.32 Å². The number of hydrogen-bond acceptors (Lipinski definition) is 2. The Hall–Kier alpha value is 0.310. The molecular formula is C15H31NS. The highest BCUT2D eigenvalue weighted by Crippen LogP contribution is 2.37. The van der Waals surface area contributed by atoms with Gasteiger partial charge in [-0.1, -0.05) is 34.1 Å². The van der Waals surface area contributed by atoms with Crippen LogP contribution >= 0.6 is 11.8 Å². The van der Waals surface area contributed by atoms with Gasteiger partial charge in [0.25, 0.3) is 0 Å². The Morgan fingerprint density at radius 1 is 1.24 bits per heavy atom. The standard InChI is InChI=1S/C15H31NS/c1-6-16-15(13(4)10-17-5)14-8-7-11(2)12(3)9-14/h11-16H,6-10H2,1-5H3. The van der Waals surface area contributed by atoms with Gasteiger partial charge in [0.05, 0.1) is 0 Å². The van der Waals surface area contributed by atoms with Gasteiger partial charge >= 0.3 is 0 Å². The lowest BCUT2D eigenvalue weighted by Crippen LogP contribution is -2.44. The quantitative estimate of drug-likeness (QED) is 0.771. The first-order valence-electron chi connectivity index (χ1n) is 7.32. The van der Waals surface area contributed by atoms with Crippen LogP contribution in [0.15, 0.2) is 0 Å². The third-order valence-electron chi connectivity index (χ3n) is 4.63. The molecule has 0 amide bonds. The average Bonchev–Trinajstić information content (AvgIpc) is 2.30. The number of nitrogens with one attached hydrogen (secondary N) is 1. The van der Waals surface area contributed by atoms with Crippen molar-refractivity contribution >= 4 is 11.8 Å². The van der Waals surface area contributed by atoms with E-state index in [0.29, 0.717) is 0 Å². The van der Waals surface area contributed by atoms with E-state index in [2.05, 4.69) is 39.3 Å². The van der Waals surface area contributed by atoms with Crippen molar-refractivity contribution in [3.8, 4) is 0 Å². The lowest BCUT2D eigenvalue weighted by Gasteiger charge is -2.39. The Balaban J connectivity index is 2.57. The second-order valence-corrected chi connectivity index (χ2v) is 6.95. The van der Waals surface area contributed by atoms with Crippen LogP contribution in [0, 0.1) is 23.7 Å². The molecule has 0 spiro atoms. The van der Waals surface area contributed by atoms with E-state index in [0.717, 1.165) is 36.3 Å². The lowest BCUT2D eigenvalue weighted by atomic mass is 9.71. The van der Waals surface area contributed by atoms with Gasteiger partial charge < -0.3 is 5.32 Å². The third-order valence-corrected chi connectivity index (χ3v) is 5.49. The second kappa shape index (κ2) is 7.68. The zero-order chi connectivity index (χ0) is 12.8. The van der Waals surface area contributed by atoms with Crippen molar-refractivity contribution in [3.05, 3.63) is 0 Å². The SMILES string of the molecule is CCNC(C(C)CSC)C1CCC(C)C(C)C1. The summed E-state index contributed by atoms with van der Waals surface area (Å²) >= 11 is 1.99. The minimum Gasteiger partial charge on any atom is -0.314 e. The normalized spacial score (nSPS) is 33.4. The molecular weight excluding hydrogens is 226 g/mol. The Morgan fingerprint density at radius 2 is 1.94 bits per heavy atom. The topological polar surface area (TPSA) is 12.0 Å². The highest BCUT2D eigenvalue weighted by molar-refractivity contribution is 7.98. The predicted molar refractivity (Wildman–Crippen MR) is 80.7 cm³/mol. The van der Waals surface area contributed by atoms with Gasteiger partial charge in [0.15, 0.2) is 0 Å². The maximum absolute atomic E-state index is 3.76. The molecule has 0 aliphatic heterocycles.